The van der Waals surface area contributed by atoms with Crippen LogP contribution in [-0.4, -0.2) is 41.6 Å². The summed E-state index contributed by atoms with van der Waals surface area (Å²) in [6.45, 7) is 1.30. The van der Waals surface area contributed by atoms with Crippen LogP contribution in [0.1, 0.15) is 12.5 Å². The number of hydrogen-bond donors (Lipinski definition) is 2. The average molecular weight is 399 g/mol. The van der Waals surface area contributed by atoms with Gasteiger partial charge in [0.25, 0.3) is 5.91 Å². The lowest BCUT2D eigenvalue weighted by molar-refractivity contribution is -0.133. The number of halogens is 1. The van der Waals surface area contributed by atoms with Crippen LogP contribution in [0.3, 0.4) is 0 Å². The third kappa shape index (κ3) is 3.71. The van der Waals surface area contributed by atoms with E-state index in [0.717, 1.165) is 10.5 Å². The Morgan fingerprint density at radius 2 is 1.90 bits per heavy atom. The van der Waals surface area contributed by atoms with Crippen molar-refractivity contribution in [3.8, 4) is 11.5 Å². The molecule has 0 saturated carbocycles. The van der Waals surface area contributed by atoms with Gasteiger partial charge in [-0.2, -0.15) is 0 Å². The van der Waals surface area contributed by atoms with Crippen LogP contribution in [-0.2, 0) is 16.0 Å². The molecule has 0 radical (unpaired) electrons. The van der Waals surface area contributed by atoms with Crippen molar-refractivity contribution in [2.45, 2.75) is 18.9 Å². The maximum Gasteiger partial charge on any atom is 0.325 e. The van der Waals surface area contributed by atoms with Gasteiger partial charge in [0.1, 0.15) is 17.9 Å². The van der Waals surface area contributed by atoms with Crippen molar-refractivity contribution in [2.24, 2.45) is 0 Å². The van der Waals surface area contributed by atoms with Gasteiger partial charge in [-0.15, -0.1) is 0 Å². The highest BCUT2D eigenvalue weighted by molar-refractivity contribution is 6.10. The predicted octanol–water partition coefficient (Wildman–Crippen LogP) is 2.05. The molecule has 1 saturated heterocycles. The van der Waals surface area contributed by atoms with E-state index in [1.54, 1.807) is 25.1 Å². The molecule has 0 spiro atoms. The highest BCUT2D eigenvalue weighted by atomic mass is 19.1. The zero-order valence-corrected chi connectivity index (χ0v) is 15.5. The van der Waals surface area contributed by atoms with Crippen molar-refractivity contribution in [3.05, 3.63) is 53.8 Å². The summed E-state index contributed by atoms with van der Waals surface area (Å²) in [5, 5.41) is 5.19. The minimum absolute atomic E-state index is 0.142. The number of benzene rings is 2. The molecule has 9 heteroatoms. The summed E-state index contributed by atoms with van der Waals surface area (Å²) in [6, 6.07) is 9.84. The van der Waals surface area contributed by atoms with Crippen LogP contribution in [0, 0.1) is 5.82 Å². The fourth-order valence-corrected chi connectivity index (χ4v) is 3.35. The molecule has 0 bridgehead atoms. The highest BCUT2D eigenvalue weighted by Gasteiger charge is 2.48. The number of nitrogens with zero attached hydrogens (tertiary/aromatic N) is 1. The minimum atomic E-state index is -1.19. The van der Waals surface area contributed by atoms with E-state index in [4.69, 9.17) is 9.47 Å². The first-order valence-electron chi connectivity index (χ1n) is 8.92. The van der Waals surface area contributed by atoms with Crippen molar-refractivity contribution >= 4 is 23.5 Å². The molecule has 2 aliphatic heterocycles. The zero-order valence-electron chi connectivity index (χ0n) is 15.5. The summed E-state index contributed by atoms with van der Waals surface area (Å²) in [6.07, 6.45) is 0.226. The maximum absolute atomic E-state index is 13.0. The summed E-state index contributed by atoms with van der Waals surface area (Å²) < 4.78 is 23.6. The standard InChI is InChI=1S/C20H18FN3O5/c1-20(9-12-2-7-15-16(8-12)29-11-28-15)18(26)24(19(27)23-20)10-17(25)22-14-5-3-13(21)4-6-14/h2-8H,9-11H2,1H3,(H,22,25)(H,23,27)/t20-/m1/s1. The minimum Gasteiger partial charge on any atom is -0.454 e. The van der Waals surface area contributed by atoms with Crippen LogP contribution >= 0.6 is 0 Å². The van der Waals surface area contributed by atoms with Gasteiger partial charge in [0.05, 0.1) is 0 Å². The molecule has 2 heterocycles. The van der Waals surface area contributed by atoms with Gasteiger partial charge >= 0.3 is 6.03 Å². The Kier molecular flexibility index (Phi) is 4.57. The highest BCUT2D eigenvalue weighted by Crippen LogP contribution is 2.34. The third-order valence-electron chi connectivity index (χ3n) is 4.77. The Hall–Kier alpha value is -3.62. The van der Waals surface area contributed by atoms with Crippen molar-refractivity contribution in [1.29, 1.82) is 0 Å². The smallest absolute Gasteiger partial charge is 0.325 e. The van der Waals surface area contributed by atoms with Crippen LogP contribution in [0.5, 0.6) is 11.5 Å². The molecule has 8 nitrogen and oxygen atoms in total. The number of nitrogens with one attached hydrogen (secondary N) is 2. The molecule has 2 aliphatic rings. The van der Waals surface area contributed by atoms with E-state index >= 15 is 0 Å². The summed E-state index contributed by atoms with van der Waals surface area (Å²) >= 11 is 0. The van der Waals surface area contributed by atoms with Crippen LogP contribution in [0.25, 0.3) is 0 Å². The normalized spacial score (nSPS) is 20.0. The number of amides is 4. The average Bonchev–Trinajstić information content (AvgIpc) is 3.22. The number of carbonyl (C=O) groups is 3. The number of fused-ring (bicyclic) bond motifs is 1. The van der Waals surface area contributed by atoms with Crippen LogP contribution in [0.4, 0.5) is 14.9 Å². The lowest BCUT2D eigenvalue weighted by atomic mass is 9.92. The molecule has 150 valence electrons. The van der Waals surface area contributed by atoms with Crippen molar-refractivity contribution < 1.29 is 28.2 Å². The summed E-state index contributed by atoms with van der Waals surface area (Å²) in [5.74, 6) is -0.295. The second-order valence-electron chi connectivity index (χ2n) is 7.07. The number of hydrogen-bond acceptors (Lipinski definition) is 5. The summed E-state index contributed by atoms with van der Waals surface area (Å²) in [4.78, 5) is 38.3. The molecule has 4 rings (SSSR count). The molecule has 1 atom stereocenters. The Balaban J connectivity index is 1.43. The van der Waals surface area contributed by atoms with Crippen molar-refractivity contribution in [2.75, 3.05) is 18.7 Å². The predicted molar refractivity (Wildman–Crippen MR) is 99.9 cm³/mol. The first kappa shape index (κ1) is 18.7. The number of rotatable bonds is 5. The van der Waals surface area contributed by atoms with E-state index < -0.39 is 35.7 Å². The third-order valence-corrected chi connectivity index (χ3v) is 4.77. The second kappa shape index (κ2) is 7.08. The number of carbonyl (C=O) groups excluding carboxylic acids is 3. The molecule has 2 N–H and O–H groups in total. The molecular weight excluding hydrogens is 381 g/mol. The summed E-state index contributed by atoms with van der Waals surface area (Å²) in [7, 11) is 0. The van der Waals surface area contributed by atoms with Crippen molar-refractivity contribution in [1.82, 2.24) is 10.2 Å². The molecule has 2 aromatic rings. The second-order valence-corrected chi connectivity index (χ2v) is 7.07. The van der Waals surface area contributed by atoms with E-state index in [2.05, 4.69) is 10.6 Å². The van der Waals surface area contributed by atoms with Gasteiger partial charge in [0.15, 0.2) is 11.5 Å². The molecule has 29 heavy (non-hydrogen) atoms. The number of imide groups is 1. The molecule has 0 aliphatic carbocycles. The molecule has 2 aromatic carbocycles. The van der Waals surface area contributed by atoms with E-state index in [9.17, 15) is 18.8 Å². The van der Waals surface area contributed by atoms with E-state index in [1.165, 1.54) is 24.3 Å². The van der Waals surface area contributed by atoms with Gasteiger partial charge in [0, 0.05) is 12.1 Å². The zero-order chi connectivity index (χ0) is 20.6. The molecule has 1 fully saturated rings. The number of urea groups is 1. The van der Waals surface area contributed by atoms with Gasteiger partial charge in [0.2, 0.25) is 12.7 Å². The summed E-state index contributed by atoms with van der Waals surface area (Å²) in [5.41, 5.74) is -0.0457. The topological polar surface area (TPSA) is 97.0 Å². The van der Waals surface area contributed by atoms with Crippen molar-refractivity contribution in [3.63, 3.8) is 0 Å². The fourth-order valence-electron chi connectivity index (χ4n) is 3.35. The van der Waals surface area contributed by atoms with Gasteiger partial charge in [-0.25, -0.2) is 9.18 Å². The fraction of sp³-hybridized carbons (Fsp3) is 0.250. The number of anilines is 1. The number of ether oxygens (including phenoxy) is 2. The molecular formula is C20H18FN3O5. The lowest BCUT2D eigenvalue weighted by Crippen LogP contribution is -2.46. The Bertz CT molecular complexity index is 994. The van der Waals surface area contributed by atoms with Gasteiger partial charge < -0.3 is 20.1 Å². The maximum atomic E-state index is 13.0. The van der Waals surface area contributed by atoms with Crippen LogP contribution in [0.2, 0.25) is 0 Å². The monoisotopic (exact) mass is 399 g/mol. The SMILES string of the molecule is C[C@]1(Cc2ccc3c(c2)OCO3)NC(=O)N(CC(=O)Nc2ccc(F)cc2)C1=O. The van der Waals surface area contributed by atoms with Gasteiger partial charge in [-0.05, 0) is 48.9 Å². The largest absolute Gasteiger partial charge is 0.454 e. The van der Waals surface area contributed by atoms with E-state index in [1.807, 2.05) is 0 Å². The Morgan fingerprint density at radius 3 is 2.66 bits per heavy atom. The Morgan fingerprint density at radius 1 is 1.17 bits per heavy atom. The lowest BCUT2D eigenvalue weighted by Gasteiger charge is -2.22. The first-order chi connectivity index (χ1) is 13.8. The van der Waals surface area contributed by atoms with Gasteiger partial charge in [-0.3, -0.25) is 14.5 Å². The molecule has 4 amide bonds. The van der Waals surface area contributed by atoms with E-state index in [-0.39, 0.29) is 13.2 Å². The quantitative estimate of drug-likeness (QED) is 0.750. The first-order valence-corrected chi connectivity index (χ1v) is 8.92. The van der Waals surface area contributed by atoms with Crippen LogP contribution in [0.15, 0.2) is 42.5 Å². The van der Waals surface area contributed by atoms with Crippen LogP contribution < -0.4 is 20.1 Å². The Labute approximate surface area is 165 Å². The van der Waals surface area contributed by atoms with Gasteiger partial charge in [-0.1, -0.05) is 6.07 Å². The molecule has 0 unspecified atom stereocenters. The van der Waals surface area contributed by atoms with E-state index in [0.29, 0.717) is 17.2 Å². The molecule has 0 aromatic heterocycles.